The molecule has 0 radical (unpaired) electrons. The molecule has 0 saturated carbocycles. The molecule has 0 bridgehead atoms. The van der Waals surface area contributed by atoms with Crippen molar-refractivity contribution in [2.45, 2.75) is 24.6 Å². The van der Waals surface area contributed by atoms with Crippen LogP contribution in [0.5, 0.6) is 0 Å². The fourth-order valence-corrected chi connectivity index (χ4v) is 1.78. The van der Waals surface area contributed by atoms with Gasteiger partial charge in [0.25, 0.3) is 0 Å². The number of fused-ring (bicyclic) bond motifs is 1. The summed E-state index contributed by atoms with van der Waals surface area (Å²) in [5.41, 5.74) is 0.0355. The lowest BCUT2D eigenvalue weighted by Crippen LogP contribution is -2.42. The molecule has 1 aromatic rings. The van der Waals surface area contributed by atoms with Gasteiger partial charge in [-0.1, -0.05) is 12.1 Å². The number of halogens is 5. The molecule has 0 aliphatic carbocycles. The largest absolute Gasteiger partial charge is 0.456 e. The van der Waals surface area contributed by atoms with E-state index in [0.717, 1.165) is 12.1 Å². The Bertz CT molecular complexity index is 526. The van der Waals surface area contributed by atoms with Gasteiger partial charge in [-0.3, -0.25) is 4.79 Å². The van der Waals surface area contributed by atoms with Crippen LogP contribution in [-0.2, 0) is 11.2 Å². The second-order valence-electron chi connectivity index (χ2n) is 4.16. The molecule has 1 aromatic carbocycles. The number of carbonyl (C=O) groups excluding carboxylic acids is 1. The van der Waals surface area contributed by atoms with Gasteiger partial charge in [0.2, 0.25) is 5.91 Å². The van der Waals surface area contributed by atoms with Gasteiger partial charge < -0.3 is 10.4 Å². The van der Waals surface area contributed by atoms with Crippen LogP contribution in [0.1, 0.15) is 17.2 Å². The lowest BCUT2D eigenvalue weighted by Gasteiger charge is -2.25. The SMILES string of the molecule is O=C1Cc2cc(C(O)C(F)(F)C(F)(F)F)ccc2N1. The molecule has 1 heterocycles. The minimum atomic E-state index is -5.85. The highest BCUT2D eigenvalue weighted by Gasteiger charge is 2.62. The first-order valence-corrected chi connectivity index (χ1v) is 5.18. The summed E-state index contributed by atoms with van der Waals surface area (Å²) in [5.74, 6) is -5.64. The van der Waals surface area contributed by atoms with Crippen molar-refractivity contribution in [2.75, 3.05) is 5.32 Å². The summed E-state index contributed by atoms with van der Waals surface area (Å²) in [5, 5.41) is 11.6. The minimum Gasteiger partial charge on any atom is -0.382 e. The Morgan fingerprint density at radius 1 is 1.21 bits per heavy atom. The molecule has 3 nitrogen and oxygen atoms in total. The van der Waals surface area contributed by atoms with E-state index in [9.17, 15) is 31.9 Å². The average molecular weight is 281 g/mol. The van der Waals surface area contributed by atoms with Gasteiger partial charge in [0, 0.05) is 5.69 Å². The van der Waals surface area contributed by atoms with E-state index in [-0.39, 0.29) is 17.9 Å². The number of hydrogen-bond donors (Lipinski definition) is 2. The molecule has 1 amide bonds. The van der Waals surface area contributed by atoms with Crippen LogP contribution in [0.25, 0.3) is 0 Å². The topological polar surface area (TPSA) is 49.3 Å². The van der Waals surface area contributed by atoms with Crippen molar-refractivity contribution in [3.8, 4) is 0 Å². The number of aliphatic hydroxyl groups excluding tert-OH is 1. The number of hydrogen-bond acceptors (Lipinski definition) is 2. The smallest absolute Gasteiger partial charge is 0.382 e. The van der Waals surface area contributed by atoms with Crippen molar-refractivity contribution in [1.82, 2.24) is 0 Å². The van der Waals surface area contributed by atoms with E-state index < -0.39 is 23.8 Å². The van der Waals surface area contributed by atoms with Crippen LogP contribution in [0.15, 0.2) is 18.2 Å². The summed E-state index contributed by atoms with van der Waals surface area (Å²) >= 11 is 0. The van der Waals surface area contributed by atoms with E-state index in [1.54, 1.807) is 0 Å². The lowest BCUT2D eigenvalue weighted by molar-refractivity contribution is -0.315. The fraction of sp³-hybridized carbons (Fsp3) is 0.364. The molecular weight excluding hydrogens is 273 g/mol. The third-order valence-electron chi connectivity index (χ3n) is 2.79. The molecule has 0 saturated heterocycles. The Labute approximate surface area is 104 Å². The lowest BCUT2D eigenvalue weighted by atomic mass is 10.00. The van der Waals surface area contributed by atoms with Crippen LogP contribution in [0, 0.1) is 0 Å². The van der Waals surface area contributed by atoms with E-state index in [1.165, 1.54) is 6.07 Å². The van der Waals surface area contributed by atoms with Gasteiger partial charge in [0.05, 0.1) is 6.42 Å². The number of anilines is 1. The molecule has 0 aromatic heterocycles. The molecule has 0 spiro atoms. The first-order chi connectivity index (χ1) is 8.63. The zero-order chi connectivity index (χ0) is 14.4. The summed E-state index contributed by atoms with van der Waals surface area (Å²) < 4.78 is 62.3. The standard InChI is InChI=1S/C11H8F5NO2/c12-10(13,11(14,15)16)9(19)5-1-2-7-6(3-5)4-8(18)17-7/h1-3,9,19H,4H2,(H,17,18). The minimum absolute atomic E-state index is 0.118. The predicted octanol–water partition coefficient (Wildman–Crippen LogP) is 2.41. The van der Waals surface area contributed by atoms with E-state index in [1.807, 2.05) is 0 Å². The molecular formula is C11H8F5NO2. The molecule has 1 aliphatic heterocycles. The van der Waals surface area contributed by atoms with Crippen molar-refractivity contribution >= 4 is 11.6 Å². The van der Waals surface area contributed by atoms with E-state index in [2.05, 4.69) is 5.32 Å². The molecule has 0 fully saturated rings. The van der Waals surface area contributed by atoms with Gasteiger partial charge >= 0.3 is 12.1 Å². The van der Waals surface area contributed by atoms with Crippen LogP contribution in [0.4, 0.5) is 27.6 Å². The average Bonchev–Trinajstić information content (AvgIpc) is 2.65. The number of rotatable bonds is 2. The maximum absolute atomic E-state index is 13.0. The summed E-state index contributed by atoms with van der Waals surface area (Å²) in [6, 6.07) is 3.08. The van der Waals surface area contributed by atoms with Crippen molar-refractivity contribution in [3.05, 3.63) is 29.3 Å². The third-order valence-corrected chi connectivity index (χ3v) is 2.79. The number of benzene rings is 1. The molecule has 2 rings (SSSR count). The van der Waals surface area contributed by atoms with Crippen molar-refractivity contribution in [3.63, 3.8) is 0 Å². The summed E-state index contributed by atoms with van der Waals surface area (Å²) in [6.45, 7) is 0. The van der Waals surface area contributed by atoms with Crippen LogP contribution in [0.3, 0.4) is 0 Å². The maximum Gasteiger partial charge on any atom is 0.456 e. The molecule has 8 heteroatoms. The first-order valence-electron chi connectivity index (χ1n) is 5.18. The summed E-state index contributed by atoms with van der Waals surface area (Å²) in [4.78, 5) is 11.0. The molecule has 104 valence electrons. The van der Waals surface area contributed by atoms with Crippen molar-refractivity contribution in [2.24, 2.45) is 0 Å². The number of alkyl halides is 5. The summed E-state index contributed by atoms with van der Waals surface area (Å²) in [7, 11) is 0. The Morgan fingerprint density at radius 2 is 1.84 bits per heavy atom. The van der Waals surface area contributed by atoms with Crippen molar-refractivity contribution < 1.29 is 31.9 Å². The zero-order valence-corrected chi connectivity index (χ0v) is 9.26. The van der Waals surface area contributed by atoms with Crippen LogP contribution in [-0.4, -0.2) is 23.1 Å². The Hall–Kier alpha value is -1.70. The molecule has 2 N–H and O–H groups in total. The molecule has 19 heavy (non-hydrogen) atoms. The quantitative estimate of drug-likeness (QED) is 0.818. The highest BCUT2D eigenvalue weighted by Crippen LogP contribution is 2.45. The van der Waals surface area contributed by atoms with Crippen LogP contribution >= 0.6 is 0 Å². The van der Waals surface area contributed by atoms with Crippen molar-refractivity contribution in [1.29, 1.82) is 0 Å². The monoisotopic (exact) mass is 281 g/mol. The number of carbonyl (C=O) groups is 1. The number of aliphatic hydroxyl groups is 1. The normalized spacial score (nSPS) is 17.1. The van der Waals surface area contributed by atoms with Crippen LogP contribution < -0.4 is 5.32 Å². The predicted molar refractivity (Wildman–Crippen MR) is 54.7 cm³/mol. The summed E-state index contributed by atoms with van der Waals surface area (Å²) in [6.07, 6.45) is -8.97. The Morgan fingerprint density at radius 3 is 2.42 bits per heavy atom. The Kier molecular flexibility index (Phi) is 3.00. The van der Waals surface area contributed by atoms with Gasteiger partial charge in [-0.25, -0.2) is 0 Å². The van der Waals surface area contributed by atoms with Gasteiger partial charge in [-0.2, -0.15) is 22.0 Å². The fourth-order valence-electron chi connectivity index (χ4n) is 1.78. The van der Waals surface area contributed by atoms with Gasteiger partial charge in [-0.05, 0) is 17.2 Å². The van der Waals surface area contributed by atoms with E-state index in [0.29, 0.717) is 5.69 Å². The Balaban J connectivity index is 2.34. The molecule has 1 aliphatic rings. The van der Waals surface area contributed by atoms with Crippen LogP contribution in [0.2, 0.25) is 0 Å². The van der Waals surface area contributed by atoms with E-state index in [4.69, 9.17) is 0 Å². The van der Waals surface area contributed by atoms with E-state index >= 15 is 0 Å². The number of amides is 1. The second-order valence-corrected chi connectivity index (χ2v) is 4.16. The van der Waals surface area contributed by atoms with Gasteiger partial charge in [0.15, 0.2) is 6.10 Å². The second kappa shape index (κ2) is 4.16. The third kappa shape index (κ3) is 2.27. The highest BCUT2D eigenvalue weighted by molar-refractivity contribution is 5.99. The van der Waals surface area contributed by atoms with Gasteiger partial charge in [0.1, 0.15) is 0 Å². The maximum atomic E-state index is 13.0. The molecule has 1 unspecified atom stereocenters. The molecule has 1 atom stereocenters. The number of nitrogens with one attached hydrogen (secondary N) is 1. The first kappa shape index (κ1) is 13.7. The zero-order valence-electron chi connectivity index (χ0n) is 9.26. The highest BCUT2D eigenvalue weighted by atomic mass is 19.4. The van der Waals surface area contributed by atoms with Gasteiger partial charge in [-0.15, -0.1) is 0 Å².